The first-order valence-electron chi connectivity index (χ1n) is 7.77. The van der Waals surface area contributed by atoms with Crippen molar-refractivity contribution < 1.29 is 27.6 Å². The van der Waals surface area contributed by atoms with Crippen LogP contribution in [0.15, 0.2) is 0 Å². The van der Waals surface area contributed by atoms with Gasteiger partial charge < -0.3 is 18.2 Å². The zero-order valence-electron chi connectivity index (χ0n) is 15.8. The van der Waals surface area contributed by atoms with Crippen LogP contribution in [0.5, 0.6) is 0 Å². The SMILES string of the molecule is COP(=O)(OC)C1C(=O)OCC(C)(C)[C@H]1O[Si](C)(C)C(C)(C)C. The highest BCUT2D eigenvalue weighted by Crippen LogP contribution is 2.58. The number of carbonyl (C=O) groups excluding carboxylic acids is 1. The molecule has 0 saturated carbocycles. The van der Waals surface area contributed by atoms with Crippen LogP contribution in [0, 0.1) is 5.41 Å². The van der Waals surface area contributed by atoms with Crippen LogP contribution in [0.2, 0.25) is 18.1 Å². The molecule has 0 spiro atoms. The third-order valence-electron chi connectivity index (χ3n) is 4.96. The molecule has 8 heteroatoms. The number of ether oxygens (including phenoxy) is 1. The summed E-state index contributed by atoms with van der Waals surface area (Å²) in [5.41, 5.74) is -1.56. The van der Waals surface area contributed by atoms with Gasteiger partial charge in [0.25, 0.3) is 0 Å². The van der Waals surface area contributed by atoms with Crippen molar-refractivity contribution in [3.8, 4) is 0 Å². The molecule has 1 rings (SSSR count). The number of rotatable bonds is 5. The Morgan fingerprint density at radius 2 is 1.70 bits per heavy atom. The molecular formula is C15H31O6PSi. The average molecular weight is 366 g/mol. The predicted octanol–water partition coefficient (Wildman–Crippen LogP) is 3.81. The Labute approximate surface area is 140 Å². The van der Waals surface area contributed by atoms with E-state index >= 15 is 0 Å². The van der Waals surface area contributed by atoms with Gasteiger partial charge in [0.15, 0.2) is 14.0 Å². The van der Waals surface area contributed by atoms with Crippen molar-refractivity contribution in [1.29, 1.82) is 0 Å². The Bertz CT molecular complexity index is 489. The summed E-state index contributed by atoms with van der Waals surface area (Å²) in [6.45, 7) is 14.7. The van der Waals surface area contributed by atoms with Crippen LogP contribution in [0.3, 0.4) is 0 Å². The Hall–Kier alpha value is -0.203. The molecule has 1 saturated heterocycles. The minimum Gasteiger partial charge on any atom is -0.464 e. The Morgan fingerprint density at radius 3 is 2.09 bits per heavy atom. The van der Waals surface area contributed by atoms with E-state index in [1.807, 2.05) is 13.8 Å². The second-order valence-electron chi connectivity index (χ2n) is 8.24. The zero-order valence-corrected chi connectivity index (χ0v) is 17.7. The van der Waals surface area contributed by atoms with E-state index in [0.717, 1.165) is 0 Å². The zero-order chi connectivity index (χ0) is 18.3. The standard InChI is InChI=1S/C15H31O6PSi/c1-14(2,3)23(8,9)21-12-11(22(17,18-6)19-7)13(16)20-10-15(12,4)5/h11-12H,10H2,1-9H3/t11?,12-/m0/s1. The quantitative estimate of drug-likeness (QED) is 0.418. The van der Waals surface area contributed by atoms with E-state index in [2.05, 4.69) is 33.9 Å². The molecule has 1 aliphatic rings. The minimum absolute atomic E-state index is 0.0425. The lowest BCUT2D eigenvalue weighted by Gasteiger charge is -2.48. The van der Waals surface area contributed by atoms with E-state index < -0.39 is 39.1 Å². The predicted molar refractivity (Wildman–Crippen MR) is 92.2 cm³/mol. The van der Waals surface area contributed by atoms with Crippen molar-refractivity contribution in [2.75, 3.05) is 20.8 Å². The number of carbonyl (C=O) groups is 1. The molecule has 0 radical (unpaired) electrons. The summed E-state index contributed by atoms with van der Waals surface area (Å²) in [4.78, 5) is 12.4. The summed E-state index contributed by atoms with van der Waals surface area (Å²) >= 11 is 0. The van der Waals surface area contributed by atoms with Crippen LogP contribution >= 0.6 is 7.60 Å². The lowest BCUT2D eigenvalue weighted by atomic mass is 9.84. The molecule has 1 heterocycles. The van der Waals surface area contributed by atoms with E-state index in [-0.39, 0.29) is 11.6 Å². The molecule has 0 bridgehead atoms. The first-order chi connectivity index (χ1) is 10.2. The second kappa shape index (κ2) is 6.60. The van der Waals surface area contributed by atoms with Crippen LogP contribution in [-0.2, 0) is 27.6 Å². The van der Waals surface area contributed by atoms with Crippen LogP contribution in [0.4, 0.5) is 0 Å². The molecule has 6 nitrogen and oxygen atoms in total. The Kier molecular flexibility index (Phi) is 5.98. The van der Waals surface area contributed by atoms with Crippen molar-refractivity contribution in [3.05, 3.63) is 0 Å². The normalized spacial score (nSPS) is 26.0. The van der Waals surface area contributed by atoms with Crippen LogP contribution in [-0.4, -0.2) is 46.9 Å². The van der Waals surface area contributed by atoms with Gasteiger partial charge in [0.2, 0.25) is 0 Å². The Balaban J connectivity index is 3.34. The van der Waals surface area contributed by atoms with Gasteiger partial charge in [0, 0.05) is 19.6 Å². The summed E-state index contributed by atoms with van der Waals surface area (Å²) in [7, 11) is -3.30. The number of hydrogen-bond donors (Lipinski definition) is 0. The van der Waals surface area contributed by atoms with Gasteiger partial charge in [-0.15, -0.1) is 0 Å². The number of cyclic esters (lactones) is 1. The molecule has 0 aromatic rings. The summed E-state index contributed by atoms with van der Waals surface area (Å²) in [5, 5.41) is -0.0425. The molecule has 0 N–H and O–H groups in total. The van der Waals surface area contributed by atoms with E-state index in [1.165, 1.54) is 14.2 Å². The topological polar surface area (TPSA) is 71.1 Å². The van der Waals surface area contributed by atoms with Gasteiger partial charge in [-0.25, -0.2) is 0 Å². The van der Waals surface area contributed by atoms with Crippen molar-refractivity contribution in [1.82, 2.24) is 0 Å². The van der Waals surface area contributed by atoms with E-state index in [1.54, 1.807) is 0 Å². The molecule has 136 valence electrons. The molecule has 0 amide bonds. The molecule has 2 atom stereocenters. The first kappa shape index (κ1) is 20.8. The lowest BCUT2D eigenvalue weighted by molar-refractivity contribution is -0.162. The van der Waals surface area contributed by atoms with E-state index in [0.29, 0.717) is 0 Å². The first-order valence-corrected chi connectivity index (χ1v) is 12.3. The molecule has 1 fully saturated rings. The minimum atomic E-state index is -3.66. The van der Waals surface area contributed by atoms with Crippen LogP contribution < -0.4 is 0 Å². The van der Waals surface area contributed by atoms with Crippen LogP contribution in [0.1, 0.15) is 34.6 Å². The van der Waals surface area contributed by atoms with E-state index in [4.69, 9.17) is 18.2 Å². The lowest BCUT2D eigenvalue weighted by Crippen LogP contribution is -2.58. The molecule has 1 aliphatic heterocycles. The van der Waals surface area contributed by atoms with Gasteiger partial charge in [0.1, 0.15) is 0 Å². The molecule has 1 unspecified atom stereocenters. The van der Waals surface area contributed by atoms with Crippen molar-refractivity contribution in [2.24, 2.45) is 5.41 Å². The fourth-order valence-electron chi connectivity index (χ4n) is 2.29. The maximum absolute atomic E-state index is 12.9. The maximum Gasteiger partial charge on any atom is 0.347 e. The summed E-state index contributed by atoms with van der Waals surface area (Å²) in [5.74, 6) is -0.583. The number of esters is 1. The second-order valence-corrected chi connectivity index (χ2v) is 15.4. The maximum atomic E-state index is 12.9. The average Bonchev–Trinajstić information content (AvgIpc) is 2.41. The molecule has 0 aliphatic carbocycles. The van der Waals surface area contributed by atoms with Crippen LogP contribution in [0.25, 0.3) is 0 Å². The monoisotopic (exact) mass is 366 g/mol. The highest BCUT2D eigenvalue weighted by Gasteiger charge is 2.58. The van der Waals surface area contributed by atoms with E-state index in [9.17, 15) is 9.36 Å². The Morgan fingerprint density at radius 1 is 1.22 bits per heavy atom. The molecular weight excluding hydrogens is 335 g/mol. The molecule has 0 aromatic heterocycles. The smallest absolute Gasteiger partial charge is 0.347 e. The van der Waals surface area contributed by atoms with Gasteiger partial charge in [-0.2, -0.15) is 0 Å². The largest absolute Gasteiger partial charge is 0.464 e. The van der Waals surface area contributed by atoms with Crippen molar-refractivity contribution in [2.45, 2.75) is 64.5 Å². The molecule has 0 aromatic carbocycles. The van der Waals surface area contributed by atoms with Crippen molar-refractivity contribution in [3.63, 3.8) is 0 Å². The highest BCUT2D eigenvalue weighted by molar-refractivity contribution is 7.55. The molecule has 23 heavy (non-hydrogen) atoms. The summed E-state index contributed by atoms with van der Waals surface area (Å²) in [6.07, 6.45) is -0.588. The van der Waals surface area contributed by atoms with Gasteiger partial charge in [-0.05, 0) is 18.1 Å². The summed E-state index contributed by atoms with van der Waals surface area (Å²) in [6, 6.07) is 0. The van der Waals surface area contributed by atoms with Gasteiger partial charge in [-0.3, -0.25) is 9.36 Å². The summed E-state index contributed by atoms with van der Waals surface area (Å²) < 4.78 is 34.9. The fraction of sp³-hybridized carbons (Fsp3) is 0.933. The number of hydrogen-bond acceptors (Lipinski definition) is 6. The van der Waals surface area contributed by atoms with Gasteiger partial charge >= 0.3 is 13.6 Å². The van der Waals surface area contributed by atoms with Gasteiger partial charge in [-0.1, -0.05) is 34.6 Å². The van der Waals surface area contributed by atoms with Crippen molar-refractivity contribution >= 4 is 21.9 Å². The third kappa shape index (κ3) is 4.07. The third-order valence-corrected chi connectivity index (χ3v) is 11.6. The highest BCUT2D eigenvalue weighted by atomic mass is 31.2. The fourth-order valence-corrected chi connectivity index (χ4v) is 5.58. The van der Waals surface area contributed by atoms with Gasteiger partial charge in [0.05, 0.1) is 12.7 Å².